The molecule has 0 fully saturated rings. The minimum atomic E-state index is -2.67. The van der Waals surface area contributed by atoms with E-state index in [1.807, 2.05) is 100 Å². The third-order valence-corrected chi connectivity index (χ3v) is 13.8. The molecule has 0 spiro atoms. The van der Waals surface area contributed by atoms with Crippen LogP contribution in [0.25, 0.3) is 83.4 Å². The molecule has 0 aliphatic heterocycles. The standard InChI is InChI=1S/C68H64N4O/c1-44-20-17-21-45(2)64(44)48-30-33-60-62(39-48)70(43-71(60)65-57(47-24-18-25-50(36-47)66(3,4)5)37-49(38-58(65)68(9,10)11)46-22-13-12-14-23-46)52-26-19-27-53(41-52)73-54-31-32-56-55-28-15-16-29-59(55)72(61(56)42-54)63-40-51(34-35-69-63)67(6,7)8/h12-42H,1-11H3/i1D3,2D3,12D,13D,14D,22D,23D. The first-order valence-corrected chi connectivity index (χ1v) is 24.7. The molecule has 0 aliphatic rings. The van der Waals surface area contributed by atoms with Crippen molar-refractivity contribution in [3.05, 3.63) is 222 Å². The summed E-state index contributed by atoms with van der Waals surface area (Å²) in [5, 5.41) is 2.10. The van der Waals surface area contributed by atoms with Gasteiger partial charge in [0.25, 0.3) is 6.33 Å². The number of nitrogens with zero attached hydrogens (tertiary/aromatic N) is 4. The van der Waals surface area contributed by atoms with Gasteiger partial charge in [0.1, 0.15) is 17.3 Å². The first-order chi connectivity index (χ1) is 39.4. The van der Waals surface area contributed by atoms with E-state index in [4.69, 9.17) is 24.8 Å². The molecule has 3 aromatic heterocycles. The number of hydrogen-bond donors (Lipinski definition) is 0. The Morgan fingerprint density at radius 1 is 0.548 bits per heavy atom. The minimum Gasteiger partial charge on any atom is -0.458 e. The molecule has 362 valence electrons. The summed E-state index contributed by atoms with van der Waals surface area (Å²) in [5.41, 5.74) is 8.49. The van der Waals surface area contributed by atoms with Gasteiger partial charge in [0.2, 0.25) is 0 Å². The summed E-state index contributed by atoms with van der Waals surface area (Å²) in [6.45, 7) is 13.8. The number of hydrogen-bond acceptors (Lipinski definition) is 2. The summed E-state index contributed by atoms with van der Waals surface area (Å²) < 4.78 is 109. The third-order valence-electron chi connectivity index (χ3n) is 13.8. The first-order valence-electron chi connectivity index (χ1n) is 30.2. The number of rotatable bonds is 8. The summed E-state index contributed by atoms with van der Waals surface area (Å²) in [5.74, 6) is 1.85. The van der Waals surface area contributed by atoms with E-state index in [0.29, 0.717) is 50.6 Å². The van der Waals surface area contributed by atoms with Gasteiger partial charge in [-0.2, -0.15) is 0 Å². The Balaban J connectivity index is 1.17. The van der Waals surface area contributed by atoms with Gasteiger partial charge in [0.05, 0.1) is 40.3 Å². The lowest BCUT2D eigenvalue weighted by molar-refractivity contribution is -0.572. The summed E-state index contributed by atoms with van der Waals surface area (Å²) in [6, 6.07) is 45.8. The average Bonchev–Trinajstić information content (AvgIpc) is 1.57. The van der Waals surface area contributed by atoms with Crippen LogP contribution in [0.5, 0.6) is 11.5 Å². The zero-order chi connectivity index (χ0) is 60.3. The van der Waals surface area contributed by atoms with Crippen LogP contribution in [0.15, 0.2) is 188 Å². The Morgan fingerprint density at radius 2 is 1.26 bits per heavy atom. The molecule has 3 heterocycles. The predicted molar refractivity (Wildman–Crippen MR) is 304 cm³/mol. The van der Waals surface area contributed by atoms with Gasteiger partial charge < -0.3 is 4.74 Å². The minimum absolute atomic E-state index is 0.0640. The highest BCUT2D eigenvalue weighted by Gasteiger charge is 2.28. The molecular formula is C68H64N4O. The fourth-order valence-corrected chi connectivity index (χ4v) is 9.93. The highest BCUT2D eigenvalue weighted by Crippen LogP contribution is 2.42. The van der Waals surface area contributed by atoms with Crippen LogP contribution in [0.4, 0.5) is 0 Å². The van der Waals surface area contributed by atoms with Gasteiger partial charge in [0.15, 0.2) is 0 Å². The van der Waals surface area contributed by atoms with Gasteiger partial charge >= 0.3 is 0 Å². The number of pyridine rings is 1. The maximum atomic E-state index is 9.16. The second-order valence-corrected chi connectivity index (χ2v) is 22.0. The first kappa shape index (κ1) is 36.0. The molecule has 0 radical (unpaired) electrons. The van der Waals surface area contributed by atoms with Crippen molar-refractivity contribution in [3.63, 3.8) is 0 Å². The van der Waals surface area contributed by atoms with Gasteiger partial charge in [-0.25, -0.2) is 4.98 Å². The van der Waals surface area contributed by atoms with Crippen molar-refractivity contribution < 1.29 is 24.4 Å². The number of imidazole rings is 1. The van der Waals surface area contributed by atoms with Gasteiger partial charge in [-0.05, 0) is 152 Å². The molecule has 5 nitrogen and oxygen atoms in total. The lowest BCUT2D eigenvalue weighted by Gasteiger charge is -2.28. The molecule has 11 rings (SSSR count). The van der Waals surface area contributed by atoms with Gasteiger partial charge in [0, 0.05) is 31.3 Å². The predicted octanol–water partition coefficient (Wildman–Crippen LogP) is 17.5. The fraction of sp³-hybridized carbons (Fsp3) is 0.206. The summed E-state index contributed by atoms with van der Waals surface area (Å²) in [4.78, 5) is 4.87. The molecule has 73 heavy (non-hydrogen) atoms. The fourth-order valence-electron chi connectivity index (χ4n) is 9.93. The van der Waals surface area contributed by atoms with E-state index in [2.05, 4.69) is 116 Å². The normalized spacial score (nSPS) is 14.8. The summed E-state index contributed by atoms with van der Waals surface area (Å²) >= 11 is 0. The average molecular weight is 964 g/mol. The Labute approximate surface area is 446 Å². The molecule has 11 aromatic rings. The van der Waals surface area contributed by atoms with Crippen LogP contribution in [0.3, 0.4) is 0 Å². The molecule has 0 aliphatic carbocycles. The van der Waals surface area contributed by atoms with Crippen LogP contribution in [0, 0.1) is 20.0 Å². The van der Waals surface area contributed by atoms with Crippen LogP contribution >= 0.6 is 0 Å². The second-order valence-electron chi connectivity index (χ2n) is 22.0. The van der Waals surface area contributed by atoms with Crippen LogP contribution in [-0.2, 0) is 16.2 Å². The van der Waals surface area contributed by atoms with E-state index in [1.54, 1.807) is 6.07 Å². The van der Waals surface area contributed by atoms with Crippen LogP contribution < -0.4 is 9.30 Å². The maximum absolute atomic E-state index is 9.16. The SMILES string of the molecule is [2H]c1c([2H])c([2H])c(-c2cc(-c3cccc(C(C)(C)C)c3)c(-[n+]3[c-]n(-c4cccc(Oc5ccc6c7ccccc7n(-c7cc(C(C)(C)C)ccn7)c6c5)c4)c4cc(-c5c(C([2H])([2H])[2H])cccc5C([2H])([2H])[2H])ccc43)c(C(C)(C)C)c2)c([2H])c1[2H]. The van der Waals surface area contributed by atoms with E-state index in [1.165, 1.54) is 18.2 Å². The van der Waals surface area contributed by atoms with Crippen LogP contribution in [0.1, 0.15) is 105 Å². The van der Waals surface area contributed by atoms with Gasteiger partial charge in [-0.3, -0.25) is 13.7 Å². The molecule has 0 N–H and O–H groups in total. The molecular weight excluding hydrogens is 889 g/mol. The second kappa shape index (κ2) is 17.9. The van der Waals surface area contributed by atoms with Crippen molar-refractivity contribution >= 4 is 32.8 Å². The lowest BCUT2D eigenvalue weighted by atomic mass is 9.80. The van der Waals surface area contributed by atoms with Crippen molar-refractivity contribution in [2.24, 2.45) is 0 Å². The highest BCUT2D eigenvalue weighted by molar-refractivity contribution is 6.09. The Hall–Kier alpha value is -8.02. The molecule has 0 saturated carbocycles. The van der Waals surface area contributed by atoms with Crippen molar-refractivity contribution in [1.29, 1.82) is 0 Å². The number of para-hydroxylation sites is 1. The molecule has 0 saturated heterocycles. The topological polar surface area (TPSA) is 35.9 Å². The van der Waals surface area contributed by atoms with Crippen molar-refractivity contribution in [2.75, 3.05) is 0 Å². The Bertz CT molecular complexity index is 4390. The van der Waals surface area contributed by atoms with Crippen molar-refractivity contribution in [1.82, 2.24) is 14.1 Å². The van der Waals surface area contributed by atoms with E-state index in [-0.39, 0.29) is 45.2 Å². The van der Waals surface area contributed by atoms with E-state index in [9.17, 15) is 0 Å². The Kier molecular flexibility index (Phi) is 8.84. The molecule has 0 atom stereocenters. The van der Waals surface area contributed by atoms with Crippen molar-refractivity contribution in [3.8, 4) is 62.1 Å². The number of aryl methyl sites for hydroxylation is 2. The maximum Gasteiger partial charge on any atom is 0.269 e. The quantitative estimate of drug-likeness (QED) is 0.112. The molecule has 8 aromatic carbocycles. The molecule has 0 unspecified atom stereocenters. The smallest absolute Gasteiger partial charge is 0.269 e. The largest absolute Gasteiger partial charge is 0.458 e. The van der Waals surface area contributed by atoms with Gasteiger partial charge in [-0.1, -0.05) is 177 Å². The number of ether oxygens (including phenoxy) is 1. The molecule has 5 heteroatoms. The van der Waals surface area contributed by atoms with Gasteiger partial charge in [-0.15, -0.1) is 0 Å². The molecule has 0 amide bonds. The third kappa shape index (κ3) is 8.81. The summed E-state index contributed by atoms with van der Waals surface area (Å²) in [6.07, 6.45) is 5.57. The zero-order valence-corrected chi connectivity index (χ0v) is 42.7. The monoisotopic (exact) mass is 964 g/mol. The van der Waals surface area contributed by atoms with E-state index in [0.717, 1.165) is 49.9 Å². The lowest BCUT2D eigenvalue weighted by Crippen LogP contribution is -2.35. The van der Waals surface area contributed by atoms with E-state index < -0.39 is 37.2 Å². The highest BCUT2D eigenvalue weighted by atomic mass is 16.5. The molecule has 0 bridgehead atoms. The number of fused-ring (bicyclic) bond motifs is 4. The van der Waals surface area contributed by atoms with Crippen LogP contribution in [0.2, 0.25) is 0 Å². The number of aromatic nitrogens is 4. The number of benzene rings is 8. The Morgan fingerprint density at radius 3 is 2.01 bits per heavy atom. The zero-order valence-electron chi connectivity index (χ0n) is 53.7. The van der Waals surface area contributed by atoms with Crippen LogP contribution in [-0.4, -0.2) is 14.1 Å². The summed E-state index contributed by atoms with van der Waals surface area (Å²) in [7, 11) is 0. The van der Waals surface area contributed by atoms with Crippen molar-refractivity contribution in [2.45, 2.75) is 92.3 Å². The van der Waals surface area contributed by atoms with E-state index >= 15 is 0 Å².